The Labute approximate surface area is 273 Å². The monoisotopic (exact) mass is 646 g/mol. The van der Waals surface area contributed by atoms with Crippen molar-refractivity contribution in [1.29, 1.82) is 0 Å². The molecule has 5 N–H and O–H groups in total. The minimum atomic E-state index is -1.03. The van der Waals surface area contributed by atoms with Crippen LogP contribution in [0.1, 0.15) is 48.8 Å². The molecule has 5 atom stereocenters. The van der Waals surface area contributed by atoms with E-state index in [1.54, 1.807) is 12.1 Å². The van der Waals surface area contributed by atoms with Crippen LogP contribution < -0.4 is 20.7 Å². The largest absolute Gasteiger partial charge is 0.504 e. The summed E-state index contributed by atoms with van der Waals surface area (Å²) in [6, 6.07) is 12.5. The summed E-state index contributed by atoms with van der Waals surface area (Å²) in [7, 11) is 0. The van der Waals surface area contributed by atoms with Crippen LogP contribution in [-0.2, 0) is 37.5 Å². The Kier molecular flexibility index (Phi) is 8.58. The molecule has 0 aromatic heterocycles. The molecule has 47 heavy (non-hydrogen) atoms. The van der Waals surface area contributed by atoms with Crippen molar-refractivity contribution in [2.24, 2.45) is 5.92 Å². The molecule has 2 bridgehead atoms. The van der Waals surface area contributed by atoms with Gasteiger partial charge in [0.1, 0.15) is 25.9 Å². The fraction of sp³-hybridized carbons (Fsp3) is 0.514. The second kappa shape index (κ2) is 12.8. The number of benzene rings is 2. The van der Waals surface area contributed by atoms with Crippen molar-refractivity contribution in [2.45, 2.75) is 74.3 Å². The van der Waals surface area contributed by atoms with Crippen molar-refractivity contribution in [2.75, 3.05) is 32.8 Å². The number of aliphatic hydroxyl groups is 1. The maximum atomic E-state index is 13.0. The number of hydrogen-bond acceptors (Lipinski definition) is 9. The second-order valence-electron chi connectivity index (χ2n) is 13.4. The maximum absolute atomic E-state index is 13.0. The third-order valence-electron chi connectivity index (χ3n) is 10.5. The van der Waals surface area contributed by atoms with Gasteiger partial charge in [0, 0.05) is 30.9 Å². The van der Waals surface area contributed by atoms with Crippen LogP contribution in [0.2, 0.25) is 0 Å². The Morgan fingerprint density at radius 1 is 1.04 bits per heavy atom. The maximum Gasteiger partial charge on any atom is 0.407 e. The van der Waals surface area contributed by atoms with E-state index in [1.165, 1.54) is 19.0 Å². The predicted molar refractivity (Wildman–Crippen MR) is 169 cm³/mol. The molecule has 7 rings (SSSR count). The molecule has 2 saturated carbocycles. The number of nitrogens with one attached hydrogen (secondary N) is 3. The molecular formula is C35H42N4O8. The van der Waals surface area contributed by atoms with Gasteiger partial charge < -0.3 is 40.4 Å². The van der Waals surface area contributed by atoms with Crippen LogP contribution in [0.5, 0.6) is 11.5 Å². The van der Waals surface area contributed by atoms with Crippen LogP contribution >= 0.6 is 0 Å². The molecule has 250 valence electrons. The van der Waals surface area contributed by atoms with Crippen LogP contribution in [0.15, 0.2) is 54.7 Å². The van der Waals surface area contributed by atoms with Gasteiger partial charge in [-0.2, -0.15) is 0 Å². The molecule has 2 aromatic rings. The number of phenolic OH excluding ortho intramolecular Hbond substituents is 1. The van der Waals surface area contributed by atoms with E-state index in [0.29, 0.717) is 37.4 Å². The van der Waals surface area contributed by atoms with Crippen molar-refractivity contribution < 1.29 is 38.8 Å². The van der Waals surface area contributed by atoms with E-state index in [-0.39, 0.29) is 44.1 Å². The van der Waals surface area contributed by atoms with Crippen molar-refractivity contribution in [3.05, 3.63) is 71.4 Å². The number of aromatic hydroxyl groups is 1. The number of hydrogen-bond donors (Lipinski definition) is 5. The lowest BCUT2D eigenvalue weighted by Crippen LogP contribution is -2.78. The first-order valence-corrected chi connectivity index (χ1v) is 16.5. The number of alkyl carbamates (subject to hydrolysis) is 1. The number of likely N-dealkylation sites (tertiary alicyclic amines) is 1. The summed E-state index contributed by atoms with van der Waals surface area (Å²) in [4.78, 5) is 39.5. The van der Waals surface area contributed by atoms with Crippen molar-refractivity contribution in [1.82, 2.24) is 20.9 Å². The van der Waals surface area contributed by atoms with Crippen LogP contribution in [0.3, 0.4) is 0 Å². The van der Waals surface area contributed by atoms with E-state index in [2.05, 4.69) is 20.9 Å². The highest BCUT2D eigenvalue weighted by Gasteiger charge is 2.73. The lowest BCUT2D eigenvalue weighted by Gasteiger charge is -2.64. The molecule has 0 radical (unpaired) electrons. The lowest BCUT2D eigenvalue weighted by molar-refractivity contribution is -0.192. The van der Waals surface area contributed by atoms with Gasteiger partial charge in [0.15, 0.2) is 11.5 Å². The van der Waals surface area contributed by atoms with Gasteiger partial charge in [-0.15, -0.1) is 0 Å². The summed E-state index contributed by atoms with van der Waals surface area (Å²) in [5.41, 5.74) is 1.13. The minimum Gasteiger partial charge on any atom is -0.504 e. The fourth-order valence-electron chi connectivity index (χ4n) is 8.28. The van der Waals surface area contributed by atoms with Gasteiger partial charge in [-0.25, -0.2) is 4.79 Å². The van der Waals surface area contributed by atoms with E-state index < -0.39 is 35.2 Å². The van der Waals surface area contributed by atoms with Crippen LogP contribution in [0.25, 0.3) is 0 Å². The standard InChI is InChI=1S/C35H42N4O8/c40-26-10-9-24-17-27-35(44)12-11-25(32-34(35,30(24)31(26)47-32)13-16-39(27)18-22-7-8-22)38-29(42)21-45-20-28(41)36-14-4-15-37-33(43)46-19-23-5-2-1-3-6-23/h1-6,9-10,14,22,25,27,32,40,44H,7-8,11-13,15-21H2,(H,36,41)(H,37,43)(H,38,42)/b14-4+/t25-,27-,32+,34+,35-/m1/s1. The molecule has 5 aliphatic rings. The molecular weight excluding hydrogens is 604 g/mol. The highest BCUT2D eigenvalue weighted by atomic mass is 16.5. The van der Waals surface area contributed by atoms with Crippen LogP contribution in [0, 0.1) is 5.92 Å². The zero-order chi connectivity index (χ0) is 32.6. The Morgan fingerprint density at radius 3 is 2.66 bits per heavy atom. The van der Waals surface area contributed by atoms with Crippen molar-refractivity contribution in [3.63, 3.8) is 0 Å². The number of rotatable bonds is 12. The highest BCUT2D eigenvalue weighted by Crippen LogP contribution is 2.65. The smallest absolute Gasteiger partial charge is 0.407 e. The van der Waals surface area contributed by atoms with Crippen molar-refractivity contribution >= 4 is 17.9 Å². The van der Waals surface area contributed by atoms with Gasteiger partial charge in [0.25, 0.3) is 0 Å². The third-order valence-corrected chi connectivity index (χ3v) is 10.5. The highest BCUT2D eigenvalue weighted by molar-refractivity contribution is 5.80. The quantitative estimate of drug-likeness (QED) is 0.233. The fourth-order valence-corrected chi connectivity index (χ4v) is 8.28. The van der Waals surface area contributed by atoms with Crippen molar-refractivity contribution in [3.8, 4) is 11.5 Å². The lowest BCUT2D eigenvalue weighted by atomic mass is 9.48. The predicted octanol–water partition coefficient (Wildman–Crippen LogP) is 2.01. The first-order valence-electron chi connectivity index (χ1n) is 16.5. The number of nitrogens with zero attached hydrogens (tertiary/aromatic N) is 1. The van der Waals surface area contributed by atoms with Crippen LogP contribution in [0.4, 0.5) is 4.79 Å². The topological polar surface area (TPSA) is 159 Å². The number of ether oxygens (including phenoxy) is 3. The molecule has 3 fully saturated rings. The molecule has 1 saturated heterocycles. The normalized spacial score (nSPS) is 28.7. The second-order valence-corrected chi connectivity index (χ2v) is 13.4. The van der Waals surface area contributed by atoms with Gasteiger partial charge >= 0.3 is 6.09 Å². The number of carbonyl (C=O) groups is 3. The van der Waals surface area contributed by atoms with Gasteiger partial charge in [0.05, 0.1) is 17.1 Å². The molecule has 2 aliphatic heterocycles. The van der Waals surface area contributed by atoms with Crippen LogP contribution in [-0.4, -0.2) is 89.7 Å². The number of amides is 3. The molecule has 2 heterocycles. The third kappa shape index (κ3) is 5.94. The van der Waals surface area contributed by atoms with E-state index >= 15 is 0 Å². The Morgan fingerprint density at radius 2 is 1.85 bits per heavy atom. The number of phenols is 1. The van der Waals surface area contributed by atoms with Gasteiger partial charge in [0.2, 0.25) is 11.8 Å². The first-order chi connectivity index (χ1) is 22.8. The summed E-state index contributed by atoms with van der Waals surface area (Å²) in [6.45, 7) is 1.48. The minimum absolute atomic E-state index is 0.0391. The zero-order valence-electron chi connectivity index (χ0n) is 26.3. The summed E-state index contributed by atoms with van der Waals surface area (Å²) in [5.74, 6) is 0.348. The zero-order valence-corrected chi connectivity index (χ0v) is 26.3. The summed E-state index contributed by atoms with van der Waals surface area (Å²) in [6.07, 6.45) is 6.74. The molecule has 0 unspecified atom stereocenters. The van der Waals surface area contributed by atoms with E-state index in [9.17, 15) is 24.6 Å². The summed E-state index contributed by atoms with van der Waals surface area (Å²) >= 11 is 0. The molecule has 2 aromatic carbocycles. The SMILES string of the molecule is O=C(COCC(=O)N[C@@H]1CC[C@@]2(O)[C@H]3Cc4ccc(O)c5c4[C@@]2(CCN3CC2CC2)[C@H]1O5)N/C=C/CNC(=O)OCc1ccccc1. The summed E-state index contributed by atoms with van der Waals surface area (Å²) in [5, 5.41) is 31.5. The summed E-state index contributed by atoms with van der Waals surface area (Å²) < 4.78 is 17.0. The molecule has 12 heteroatoms. The number of piperidine rings is 1. The van der Waals surface area contributed by atoms with E-state index in [4.69, 9.17) is 14.2 Å². The first kappa shape index (κ1) is 31.5. The average Bonchev–Trinajstić information content (AvgIpc) is 3.81. The molecule has 3 aliphatic carbocycles. The molecule has 1 spiro atoms. The molecule has 12 nitrogen and oxygen atoms in total. The Hall–Kier alpha value is -4.13. The molecule has 3 amide bonds. The Bertz CT molecular complexity index is 1550. The van der Waals surface area contributed by atoms with Gasteiger partial charge in [-0.05, 0) is 74.3 Å². The average molecular weight is 647 g/mol. The van der Waals surface area contributed by atoms with E-state index in [1.807, 2.05) is 36.4 Å². The van der Waals surface area contributed by atoms with Gasteiger partial charge in [-0.3, -0.25) is 14.5 Å². The number of carbonyl (C=O) groups excluding carboxylic acids is 3. The van der Waals surface area contributed by atoms with E-state index in [0.717, 1.165) is 29.8 Å². The Balaban J connectivity index is 0.892. The van der Waals surface area contributed by atoms with Gasteiger partial charge in [-0.1, -0.05) is 36.4 Å².